The number of rotatable bonds is 4. The topological polar surface area (TPSA) is 66.5 Å². The third kappa shape index (κ3) is 3.47. The van der Waals surface area contributed by atoms with Crippen LogP contribution in [0, 0.1) is 0 Å². The van der Waals surface area contributed by atoms with E-state index in [4.69, 9.17) is 5.11 Å². The summed E-state index contributed by atoms with van der Waals surface area (Å²) < 4.78 is 0.922. The second-order valence-corrected chi connectivity index (χ2v) is 7.10. The van der Waals surface area contributed by atoms with E-state index < -0.39 is 0 Å². The molecule has 1 aromatic rings. The molecule has 2 saturated heterocycles. The third-order valence-electron chi connectivity index (χ3n) is 4.79. The Hall–Kier alpha value is -1.28. The zero-order chi connectivity index (χ0) is 16.4. The summed E-state index contributed by atoms with van der Waals surface area (Å²) in [4.78, 5) is 29.0. The lowest BCUT2D eigenvalue weighted by molar-refractivity contribution is -1.02. The molecule has 3 rings (SSSR count). The van der Waals surface area contributed by atoms with Crippen LogP contribution in [0.3, 0.4) is 0 Å². The van der Waals surface area contributed by atoms with Gasteiger partial charge in [-0.1, -0.05) is 15.9 Å². The van der Waals surface area contributed by atoms with Gasteiger partial charge < -0.3 is 14.9 Å². The Morgan fingerprint density at radius 2 is 1.78 bits per heavy atom. The zero-order valence-electron chi connectivity index (χ0n) is 12.9. The number of hydrogen-bond donors (Lipinski definition) is 3. The average Bonchev–Trinajstić information content (AvgIpc) is 2.84. The molecule has 1 atom stereocenters. The number of quaternary nitrogens is 2. The van der Waals surface area contributed by atoms with Gasteiger partial charge in [0.2, 0.25) is 5.91 Å². The van der Waals surface area contributed by atoms with Gasteiger partial charge in [0, 0.05) is 4.47 Å². The number of piperazine rings is 1. The predicted octanol–water partition coefficient (Wildman–Crippen LogP) is -2.14. The van der Waals surface area contributed by atoms with Crippen LogP contribution in [0.4, 0.5) is 5.69 Å². The molecule has 23 heavy (non-hydrogen) atoms. The number of carbonyl (C=O) groups excluding carboxylic acids is 2. The van der Waals surface area contributed by atoms with E-state index in [1.54, 1.807) is 12.1 Å². The molecule has 2 heterocycles. The summed E-state index contributed by atoms with van der Waals surface area (Å²) in [6.07, 6.45) is 0.291. The molecule has 0 unspecified atom stereocenters. The molecule has 0 radical (unpaired) electrons. The van der Waals surface area contributed by atoms with Crippen LogP contribution in [0.5, 0.6) is 0 Å². The van der Waals surface area contributed by atoms with E-state index in [0.29, 0.717) is 12.1 Å². The molecule has 2 amide bonds. The number of amides is 2. The first kappa shape index (κ1) is 16.6. The van der Waals surface area contributed by atoms with Crippen molar-refractivity contribution in [3.05, 3.63) is 28.7 Å². The lowest BCUT2D eigenvalue weighted by Crippen LogP contribution is -3.30. The molecule has 0 spiro atoms. The highest BCUT2D eigenvalue weighted by Gasteiger charge is 2.46. The van der Waals surface area contributed by atoms with E-state index in [-0.39, 0.29) is 24.5 Å². The van der Waals surface area contributed by atoms with Crippen molar-refractivity contribution in [2.24, 2.45) is 0 Å². The Morgan fingerprint density at radius 1 is 1.13 bits per heavy atom. The number of halogens is 1. The van der Waals surface area contributed by atoms with Crippen LogP contribution in [-0.2, 0) is 9.59 Å². The van der Waals surface area contributed by atoms with Crippen molar-refractivity contribution < 1.29 is 24.5 Å². The number of imide groups is 1. The lowest BCUT2D eigenvalue weighted by Gasteiger charge is -2.31. The van der Waals surface area contributed by atoms with Crippen LogP contribution in [0.2, 0.25) is 0 Å². The van der Waals surface area contributed by atoms with Crippen molar-refractivity contribution in [2.75, 3.05) is 44.2 Å². The number of anilines is 1. The Morgan fingerprint density at radius 3 is 2.39 bits per heavy atom. The van der Waals surface area contributed by atoms with Gasteiger partial charge in [-0.2, -0.15) is 0 Å². The van der Waals surface area contributed by atoms with E-state index in [1.165, 1.54) is 14.7 Å². The van der Waals surface area contributed by atoms with Crippen molar-refractivity contribution >= 4 is 33.4 Å². The molecule has 1 aromatic carbocycles. The Bertz CT molecular complexity index is 585. The van der Waals surface area contributed by atoms with Gasteiger partial charge >= 0.3 is 0 Å². The highest BCUT2D eigenvalue weighted by Crippen LogP contribution is 2.23. The van der Waals surface area contributed by atoms with E-state index in [9.17, 15) is 9.59 Å². The summed E-state index contributed by atoms with van der Waals surface area (Å²) in [6, 6.07) is 7.00. The van der Waals surface area contributed by atoms with Crippen LogP contribution in [0.1, 0.15) is 6.42 Å². The van der Waals surface area contributed by atoms with Gasteiger partial charge in [-0.25, -0.2) is 4.90 Å². The number of nitrogens with one attached hydrogen (secondary N) is 2. The molecule has 3 N–H and O–H groups in total. The summed E-state index contributed by atoms with van der Waals surface area (Å²) in [5.74, 6) is -0.196. The molecule has 0 aliphatic carbocycles. The van der Waals surface area contributed by atoms with Gasteiger partial charge in [0.1, 0.15) is 32.7 Å². The van der Waals surface area contributed by atoms with Gasteiger partial charge in [0.15, 0.2) is 6.04 Å². The number of hydrogen-bond acceptors (Lipinski definition) is 3. The summed E-state index contributed by atoms with van der Waals surface area (Å²) in [7, 11) is 0. The fourth-order valence-corrected chi connectivity index (χ4v) is 3.76. The minimum Gasteiger partial charge on any atom is -0.391 e. The minimum absolute atomic E-state index is 0.0852. The summed E-state index contributed by atoms with van der Waals surface area (Å²) in [5.41, 5.74) is 0.648. The average molecular weight is 384 g/mol. The maximum Gasteiger partial charge on any atom is 0.292 e. The second kappa shape index (κ2) is 7.09. The molecule has 7 heteroatoms. The van der Waals surface area contributed by atoms with Gasteiger partial charge in [-0.3, -0.25) is 9.59 Å². The fourth-order valence-electron chi connectivity index (χ4n) is 3.49. The number of nitrogens with zero attached hydrogens (tertiary/aromatic N) is 1. The van der Waals surface area contributed by atoms with Gasteiger partial charge in [-0.15, -0.1) is 0 Å². The number of aliphatic hydroxyl groups excluding tert-OH is 1. The van der Waals surface area contributed by atoms with Crippen LogP contribution in [0.25, 0.3) is 0 Å². The SMILES string of the molecule is O=C1C[C@@H]([NH+]2CC[NH+](CCO)CC2)C(=O)N1c1ccc(Br)cc1. The molecule has 2 aliphatic heterocycles. The Labute approximate surface area is 143 Å². The van der Waals surface area contributed by atoms with Gasteiger partial charge in [-0.05, 0) is 24.3 Å². The van der Waals surface area contributed by atoms with Gasteiger partial charge in [0.05, 0.1) is 18.7 Å². The van der Waals surface area contributed by atoms with Gasteiger partial charge in [0.25, 0.3) is 5.91 Å². The molecule has 0 saturated carbocycles. The van der Waals surface area contributed by atoms with Crippen molar-refractivity contribution in [1.82, 2.24) is 0 Å². The monoisotopic (exact) mass is 383 g/mol. The molecule has 0 bridgehead atoms. The van der Waals surface area contributed by atoms with Crippen molar-refractivity contribution in [3.63, 3.8) is 0 Å². The first-order chi connectivity index (χ1) is 11.1. The van der Waals surface area contributed by atoms with Crippen molar-refractivity contribution in [1.29, 1.82) is 0 Å². The first-order valence-corrected chi connectivity index (χ1v) is 8.81. The molecule has 6 nitrogen and oxygen atoms in total. The summed E-state index contributed by atoms with van der Waals surface area (Å²) in [5, 5.41) is 9.02. The van der Waals surface area contributed by atoms with E-state index >= 15 is 0 Å². The molecule has 2 aliphatic rings. The highest BCUT2D eigenvalue weighted by molar-refractivity contribution is 9.10. The summed E-state index contributed by atoms with van der Waals surface area (Å²) >= 11 is 3.36. The normalized spacial score (nSPS) is 28.4. The molecule has 2 fully saturated rings. The standard InChI is InChI=1S/C16H20BrN3O3/c17-12-1-3-13(4-2-12)20-15(22)11-14(16(20)23)19-7-5-18(6-8-19)9-10-21/h1-4,14,21H,5-11H2/p+2/t14-/m1/s1. The van der Waals surface area contributed by atoms with Crippen LogP contribution in [-0.4, -0.2) is 62.3 Å². The quantitative estimate of drug-likeness (QED) is 0.519. The summed E-state index contributed by atoms with van der Waals surface area (Å²) in [6.45, 7) is 4.57. The van der Waals surface area contributed by atoms with E-state index in [0.717, 1.165) is 37.2 Å². The van der Waals surface area contributed by atoms with Crippen LogP contribution < -0.4 is 14.7 Å². The molecular formula is C16H22BrN3O3+2. The Balaban J connectivity index is 1.68. The third-order valence-corrected chi connectivity index (χ3v) is 5.32. The largest absolute Gasteiger partial charge is 0.391 e. The van der Waals surface area contributed by atoms with E-state index in [2.05, 4.69) is 15.9 Å². The predicted molar refractivity (Wildman–Crippen MR) is 88.4 cm³/mol. The highest BCUT2D eigenvalue weighted by atomic mass is 79.9. The maximum absolute atomic E-state index is 12.7. The van der Waals surface area contributed by atoms with E-state index in [1.807, 2.05) is 12.1 Å². The lowest BCUT2D eigenvalue weighted by atomic mass is 10.1. The van der Waals surface area contributed by atoms with Crippen molar-refractivity contribution in [3.8, 4) is 0 Å². The minimum atomic E-state index is -0.262. The molecular weight excluding hydrogens is 362 g/mol. The second-order valence-electron chi connectivity index (χ2n) is 6.18. The zero-order valence-corrected chi connectivity index (χ0v) is 14.5. The maximum atomic E-state index is 12.7. The van der Waals surface area contributed by atoms with Crippen LogP contribution in [0.15, 0.2) is 28.7 Å². The van der Waals surface area contributed by atoms with Crippen LogP contribution >= 0.6 is 15.9 Å². The number of benzene rings is 1. The molecule has 124 valence electrons. The Kier molecular flexibility index (Phi) is 5.11. The fraction of sp³-hybridized carbons (Fsp3) is 0.500. The smallest absolute Gasteiger partial charge is 0.292 e. The molecule has 0 aromatic heterocycles. The first-order valence-electron chi connectivity index (χ1n) is 8.01. The van der Waals surface area contributed by atoms with Crippen molar-refractivity contribution in [2.45, 2.75) is 12.5 Å². The number of aliphatic hydroxyl groups is 1. The number of carbonyl (C=O) groups is 2.